The molecule has 1 aliphatic heterocycles. The van der Waals surface area contributed by atoms with Crippen LogP contribution in [0.25, 0.3) is 10.8 Å². The van der Waals surface area contributed by atoms with Crippen LogP contribution in [0.1, 0.15) is 31.1 Å². The van der Waals surface area contributed by atoms with E-state index in [-0.39, 0.29) is 5.56 Å². The van der Waals surface area contributed by atoms with Crippen molar-refractivity contribution in [1.82, 2.24) is 0 Å². The number of amides is 2. The van der Waals surface area contributed by atoms with Crippen LogP contribution in [0.3, 0.4) is 0 Å². The zero-order valence-corrected chi connectivity index (χ0v) is 12.9. The van der Waals surface area contributed by atoms with Crippen molar-refractivity contribution < 1.29 is 19.5 Å². The molecule has 0 aromatic heterocycles. The molecule has 3 aromatic carbocycles. The summed E-state index contributed by atoms with van der Waals surface area (Å²) in [6, 6.07) is 14.0. The molecule has 0 unspecified atom stereocenters. The molecule has 1 heterocycles. The molecule has 2 radical (unpaired) electrons. The van der Waals surface area contributed by atoms with Gasteiger partial charge in [-0.1, -0.05) is 23.7 Å². The Labute approximate surface area is 143 Å². The monoisotopic (exact) mass is 327 g/mol. The Hall–Kier alpha value is -3.41. The lowest BCUT2D eigenvalue weighted by Gasteiger charge is -2.27. The number of carboxylic acids is 1. The summed E-state index contributed by atoms with van der Waals surface area (Å²) in [6.45, 7) is 0. The maximum atomic E-state index is 12.9. The smallest absolute Gasteiger partial charge is 0.335 e. The molecule has 0 saturated heterocycles. The van der Waals surface area contributed by atoms with Crippen molar-refractivity contribution in [3.63, 3.8) is 0 Å². The van der Waals surface area contributed by atoms with E-state index >= 15 is 0 Å². The zero-order chi connectivity index (χ0) is 17.7. The van der Waals surface area contributed by atoms with Crippen molar-refractivity contribution in [3.8, 4) is 0 Å². The molecular weight excluding hydrogens is 317 g/mol. The van der Waals surface area contributed by atoms with Crippen LogP contribution in [0.5, 0.6) is 0 Å². The topological polar surface area (TPSA) is 74.7 Å². The third kappa shape index (κ3) is 2.15. The standard InChI is InChI=1S/C19H10BNO4/c20-15-9-8-14-16-12(15)2-1-3-13(16)17(22)21(18(14)23)11-6-4-10(5-7-11)19(24)25/h1-9H,(H,24,25). The maximum absolute atomic E-state index is 12.9. The van der Waals surface area contributed by atoms with Crippen LogP contribution in [-0.2, 0) is 0 Å². The van der Waals surface area contributed by atoms with Gasteiger partial charge in [0.25, 0.3) is 11.8 Å². The molecule has 25 heavy (non-hydrogen) atoms. The second kappa shape index (κ2) is 5.31. The number of hydrogen-bond donors (Lipinski definition) is 1. The number of benzene rings is 3. The summed E-state index contributed by atoms with van der Waals surface area (Å²) in [5.74, 6) is -2.00. The second-order valence-electron chi connectivity index (χ2n) is 5.73. The molecule has 3 aromatic rings. The second-order valence-corrected chi connectivity index (χ2v) is 5.73. The summed E-state index contributed by atoms with van der Waals surface area (Å²) in [5.41, 5.74) is 1.68. The number of rotatable bonds is 2. The van der Waals surface area contributed by atoms with Gasteiger partial charge in [-0.3, -0.25) is 9.59 Å². The zero-order valence-electron chi connectivity index (χ0n) is 12.9. The van der Waals surface area contributed by atoms with Gasteiger partial charge in [0.2, 0.25) is 0 Å². The van der Waals surface area contributed by atoms with Gasteiger partial charge in [-0.2, -0.15) is 0 Å². The molecule has 1 aliphatic rings. The minimum atomic E-state index is -1.08. The molecule has 6 heteroatoms. The van der Waals surface area contributed by atoms with Gasteiger partial charge in [0.05, 0.1) is 11.3 Å². The van der Waals surface area contributed by atoms with Crippen LogP contribution in [-0.4, -0.2) is 30.7 Å². The van der Waals surface area contributed by atoms with Crippen molar-refractivity contribution in [1.29, 1.82) is 0 Å². The van der Waals surface area contributed by atoms with Crippen molar-refractivity contribution in [2.45, 2.75) is 0 Å². The Bertz CT molecular complexity index is 1050. The van der Waals surface area contributed by atoms with E-state index in [1.807, 2.05) is 0 Å². The Balaban J connectivity index is 1.91. The Morgan fingerprint density at radius 2 is 1.52 bits per heavy atom. The minimum Gasteiger partial charge on any atom is -0.478 e. The Kier molecular flexibility index (Phi) is 3.22. The average Bonchev–Trinajstić information content (AvgIpc) is 2.61. The Morgan fingerprint density at radius 3 is 2.16 bits per heavy atom. The summed E-state index contributed by atoms with van der Waals surface area (Å²) in [6.07, 6.45) is 0. The fourth-order valence-electron chi connectivity index (χ4n) is 3.11. The first-order chi connectivity index (χ1) is 12.0. The van der Waals surface area contributed by atoms with Crippen LogP contribution in [0, 0.1) is 0 Å². The van der Waals surface area contributed by atoms with E-state index in [4.69, 9.17) is 13.0 Å². The predicted molar refractivity (Wildman–Crippen MR) is 93.9 cm³/mol. The van der Waals surface area contributed by atoms with E-state index in [0.29, 0.717) is 33.0 Å². The Morgan fingerprint density at radius 1 is 0.880 bits per heavy atom. The number of imide groups is 1. The van der Waals surface area contributed by atoms with Crippen molar-refractivity contribution in [2.75, 3.05) is 4.90 Å². The van der Waals surface area contributed by atoms with Gasteiger partial charge >= 0.3 is 5.97 Å². The highest BCUT2D eigenvalue weighted by atomic mass is 16.4. The molecule has 4 rings (SSSR count). The molecule has 118 valence electrons. The fourth-order valence-corrected chi connectivity index (χ4v) is 3.11. The lowest BCUT2D eigenvalue weighted by atomic mass is 9.84. The van der Waals surface area contributed by atoms with Crippen molar-refractivity contribution in [3.05, 3.63) is 71.3 Å². The lowest BCUT2D eigenvalue weighted by molar-refractivity contribution is 0.0696. The van der Waals surface area contributed by atoms with Gasteiger partial charge in [-0.05, 0) is 41.8 Å². The van der Waals surface area contributed by atoms with Crippen LogP contribution in [0.15, 0.2) is 54.6 Å². The molecule has 1 N–H and O–H groups in total. The summed E-state index contributed by atoms with van der Waals surface area (Å²) in [5, 5.41) is 10.2. The summed E-state index contributed by atoms with van der Waals surface area (Å²) in [7, 11) is 5.96. The summed E-state index contributed by atoms with van der Waals surface area (Å²) < 4.78 is 0. The normalized spacial score (nSPS) is 13.4. The van der Waals surface area contributed by atoms with E-state index in [2.05, 4.69) is 0 Å². The van der Waals surface area contributed by atoms with Gasteiger partial charge in [-0.15, -0.1) is 0 Å². The average molecular weight is 327 g/mol. The molecule has 0 bridgehead atoms. The molecule has 0 atom stereocenters. The van der Waals surface area contributed by atoms with Crippen molar-refractivity contribution >= 4 is 47.6 Å². The van der Waals surface area contributed by atoms with Gasteiger partial charge in [0, 0.05) is 16.5 Å². The summed E-state index contributed by atoms with van der Waals surface area (Å²) in [4.78, 5) is 37.8. The number of nitrogens with zero attached hydrogens (tertiary/aromatic N) is 1. The molecule has 0 aliphatic carbocycles. The SMILES string of the molecule is [B]c1ccc2c3c(cccc13)C(=O)N(c1ccc(C(=O)O)cc1)C2=O. The van der Waals surface area contributed by atoms with Gasteiger partial charge in [-0.25, -0.2) is 9.69 Å². The van der Waals surface area contributed by atoms with Crippen LogP contribution < -0.4 is 10.4 Å². The third-order valence-electron chi connectivity index (χ3n) is 4.31. The first-order valence-electron chi connectivity index (χ1n) is 7.52. The molecular formula is C19H10BNO4. The molecule has 0 spiro atoms. The fraction of sp³-hybridized carbons (Fsp3) is 0. The first-order valence-corrected chi connectivity index (χ1v) is 7.52. The predicted octanol–water partition coefficient (Wildman–Crippen LogP) is 2.13. The highest BCUT2D eigenvalue weighted by molar-refractivity contribution is 6.43. The first kappa shape index (κ1) is 15.1. The number of carbonyl (C=O) groups is 3. The van der Waals surface area contributed by atoms with Crippen LogP contribution in [0.4, 0.5) is 5.69 Å². The maximum Gasteiger partial charge on any atom is 0.335 e. The van der Waals surface area contributed by atoms with Crippen LogP contribution in [0.2, 0.25) is 0 Å². The lowest BCUT2D eigenvalue weighted by Crippen LogP contribution is -2.40. The van der Waals surface area contributed by atoms with E-state index < -0.39 is 17.8 Å². The summed E-state index contributed by atoms with van der Waals surface area (Å²) >= 11 is 0. The number of carbonyl (C=O) groups excluding carboxylic acids is 2. The minimum absolute atomic E-state index is 0.0796. The van der Waals surface area contributed by atoms with E-state index in [1.165, 1.54) is 24.3 Å². The van der Waals surface area contributed by atoms with E-state index in [1.54, 1.807) is 30.3 Å². The van der Waals surface area contributed by atoms with Crippen LogP contribution >= 0.6 is 0 Å². The van der Waals surface area contributed by atoms with Gasteiger partial charge < -0.3 is 5.11 Å². The molecule has 2 amide bonds. The number of aromatic carboxylic acids is 1. The third-order valence-corrected chi connectivity index (χ3v) is 4.31. The van der Waals surface area contributed by atoms with Gasteiger partial charge in [0.1, 0.15) is 7.85 Å². The largest absolute Gasteiger partial charge is 0.478 e. The number of carboxylic acid groups (broad SMARTS) is 1. The quantitative estimate of drug-likeness (QED) is 0.578. The molecule has 0 saturated carbocycles. The highest BCUT2D eigenvalue weighted by Gasteiger charge is 2.34. The van der Waals surface area contributed by atoms with E-state index in [9.17, 15) is 14.4 Å². The molecule has 5 nitrogen and oxygen atoms in total. The highest BCUT2D eigenvalue weighted by Crippen LogP contribution is 2.32. The number of anilines is 1. The number of hydrogen-bond acceptors (Lipinski definition) is 3. The van der Waals surface area contributed by atoms with Crippen molar-refractivity contribution in [2.24, 2.45) is 0 Å². The molecule has 0 fully saturated rings. The van der Waals surface area contributed by atoms with E-state index in [0.717, 1.165) is 4.90 Å². The van der Waals surface area contributed by atoms with Gasteiger partial charge in [0.15, 0.2) is 0 Å².